The van der Waals surface area contributed by atoms with Crippen LogP contribution in [0.5, 0.6) is 0 Å². The molecule has 0 fully saturated rings. The molecule has 5 nitrogen and oxygen atoms in total. The average molecular weight is 483 g/mol. The van der Waals surface area contributed by atoms with Crippen LogP contribution in [0.15, 0.2) is 54.6 Å². The van der Waals surface area contributed by atoms with E-state index in [1.54, 1.807) is 28.6 Å². The summed E-state index contributed by atoms with van der Waals surface area (Å²) < 4.78 is 42.1. The maximum absolute atomic E-state index is 13.5. The zero-order valence-corrected chi connectivity index (χ0v) is 20.1. The van der Waals surface area contributed by atoms with Crippen molar-refractivity contribution in [2.45, 2.75) is 39.3 Å². The Kier molecular flexibility index (Phi) is 7.12. The molecule has 0 aliphatic heterocycles. The Hall–Kier alpha value is -3.39. The Morgan fingerprint density at radius 1 is 1.03 bits per heavy atom. The van der Waals surface area contributed by atoms with Crippen molar-refractivity contribution in [3.63, 3.8) is 0 Å². The van der Waals surface area contributed by atoms with Crippen molar-refractivity contribution in [1.29, 1.82) is 0 Å². The van der Waals surface area contributed by atoms with Crippen LogP contribution in [-0.4, -0.2) is 39.9 Å². The highest BCUT2D eigenvalue weighted by Crippen LogP contribution is 2.36. The minimum Gasteiger partial charge on any atom is -0.395 e. The van der Waals surface area contributed by atoms with E-state index in [4.69, 9.17) is 10.1 Å². The molecule has 0 bridgehead atoms. The number of anilines is 1. The minimum absolute atomic E-state index is 0.0753. The van der Waals surface area contributed by atoms with Gasteiger partial charge in [-0.05, 0) is 37.5 Å². The van der Waals surface area contributed by atoms with Gasteiger partial charge in [0, 0.05) is 30.8 Å². The van der Waals surface area contributed by atoms with E-state index >= 15 is 0 Å². The van der Waals surface area contributed by atoms with Gasteiger partial charge in [-0.1, -0.05) is 55.3 Å². The Morgan fingerprint density at radius 3 is 2.43 bits per heavy atom. The molecular weight excluding hydrogens is 453 g/mol. The van der Waals surface area contributed by atoms with E-state index in [-0.39, 0.29) is 6.61 Å². The molecule has 184 valence electrons. The van der Waals surface area contributed by atoms with Crippen LogP contribution in [0.25, 0.3) is 28.0 Å². The SMILES string of the molecule is CCCCc1nn2c(-c3cccc(C(F)(F)F)c3)cc(N(C)CCO)nc2c1-c1ccc(C)cc1. The van der Waals surface area contributed by atoms with Gasteiger partial charge in [-0.3, -0.25) is 0 Å². The van der Waals surface area contributed by atoms with Crippen molar-refractivity contribution < 1.29 is 18.3 Å². The Morgan fingerprint density at radius 2 is 1.77 bits per heavy atom. The lowest BCUT2D eigenvalue weighted by atomic mass is 10.0. The van der Waals surface area contributed by atoms with E-state index in [1.807, 2.05) is 31.2 Å². The van der Waals surface area contributed by atoms with Gasteiger partial charge in [0.2, 0.25) is 0 Å². The molecule has 2 heterocycles. The van der Waals surface area contributed by atoms with Crippen molar-refractivity contribution >= 4 is 11.5 Å². The van der Waals surface area contributed by atoms with Crippen LogP contribution < -0.4 is 4.90 Å². The molecule has 4 aromatic rings. The molecule has 0 radical (unpaired) electrons. The number of hydrogen-bond acceptors (Lipinski definition) is 4. The lowest BCUT2D eigenvalue weighted by Crippen LogP contribution is -2.22. The smallest absolute Gasteiger partial charge is 0.395 e. The fourth-order valence-electron chi connectivity index (χ4n) is 4.10. The zero-order valence-electron chi connectivity index (χ0n) is 20.1. The number of alkyl halides is 3. The molecule has 0 aliphatic rings. The van der Waals surface area contributed by atoms with Crippen molar-refractivity contribution in [2.75, 3.05) is 25.1 Å². The Labute approximate surface area is 202 Å². The van der Waals surface area contributed by atoms with Gasteiger partial charge in [-0.2, -0.15) is 18.3 Å². The van der Waals surface area contributed by atoms with Crippen LogP contribution in [0.3, 0.4) is 0 Å². The third kappa shape index (κ3) is 5.17. The maximum Gasteiger partial charge on any atom is 0.416 e. The summed E-state index contributed by atoms with van der Waals surface area (Å²) in [5.74, 6) is 0.550. The molecule has 8 heteroatoms. The Bertz CT molecular complexity index is 1310. The first kappa shape index (κ1) is 24.7. The van der Waals surface area contributed by atoms with Crippen LogP contribution >= 0.6 is 0 Å². The second-order valence-electron chi connectivity index (χ2n) is 8.75. The highest BCUT2D eigenvalue weighted by Gasteiger charge is 2.31. The molecule has 0 spiro atoms. The summed E-state index contributed by atoms with van der Waals surface area (Å²) in [7, 11) is 1.80. The highest BCUT2D eigenvalue weighted by molar-refractivity contribution is 5.83. The molecule has 2 aromatic carbocycles. The fourth-order valence-corrected chi connectivity index (χ4v) is 4.10. The molecule has 4 rings (SSSR count). The predicted octanol–water partition coefficient (Wildman–Crippen LogP) is 6.16. The van der Waals surface area contributed by atoms with Crippen molar-refractivity contribution in [3.05, 3.63) is 71.4 Å². The maximum atomic E-state index is 13.5. The predicted molar refractivity (Wildman–Crippen MR) is 133 cm³/mol. The van der Waals surface area contributed by atoms with Gasteiger partial charge in [-0.25, -0.2) is 9.50 Å². The molecule has 0 saturated carbocycles. The van der Waals surface area contributed by atoms with Gasteiger partial charge in [0.1, 0.15) is 5.82 Å². The van der Waals surface area contributed by atoms with Crippen LogP contribution in [-0.2, 0) is 12.6 Å². The summed E-state index contributed by atoms with van der Waals surface area (Å²) in [4.78, 5) is 6.66. The van der Waals surface area contributed by atoms with Crippen LogP contribution in [0.2, 0.25) is 0 Å². The first-order chi connectivity index (χ1) is 16.7. The number of hydrogen-bond donors (Lipinski definition) is 1. The van der Waals surface area contributed by atoms with Gasteiger partial charge < -0.3 is 10.0 Å². The second kappa shape index (κ2) is 10.1. The number of aliphatic hydroxyl groups is 1. The van der Waals surface area contributed by atoms with Crippen molar-refractivity contribution in [1.82, 2.24) is 14.6 Å². The summed E-state index contributed by atoms with van der Waals surface area (Å²) >= 11 is 0. The Balaban J connectivity index is 2.03. The van der Waals surface area contributed by atoms with E-state index in [1.165, 1.54) is 6.07 Å². The number of rotatable bonds is 8. The van der Waals surface area contributed by atoms with E-state index in [9.17, 15) is 18.3 Å². The van der Waals surface area contributed by atoms with Gasteiger partial charge >= 0.3 is 6.18 Å². The molecular formula is C27H29F3N4O. The normalized spacial score (nSPS) is 11.9. The summed E-state index contributed by atoms with van der Waals surface area (Å²) in [6.07, 6.45) is -1.81. The lowest BCUT2D eigenvalue weighted by Gasteiger charge is -2.19. The summed E-state index contributed by atoms with van der Waals surface area (Å²) in [6.45, 7) is 4.38. The number of aryl methyl sites for hydroxylation is 2. The van der Waals surface area contributed by atoms with Gasteiger partial charge in [-0.15, -0.1) is 0 Å². The van der Waals surface area contributed by atoms with Gasteiger partial charge in [0.05, 0.1) is 23.6 Å². The second-order valence-corrected chi connectivity index (χ2v) is 8.75. The van der Waals surface area contributed by atoms with E-state index < -0.39 is 11.7 Å². The van der Waals surface area contributed by atoms with E-state index in [0.29, 0.717) is 29.3 Å². The number of aromatic nitrogens is 3. The highest BCUT2D eigenvalue weighted by atomic mass is 19.4. The van der Waals surface area contributed by atoms with Crippen molar-refractivity contribution in [3.8, 4) is 22.4 Å². The van der Waals surface area contributed by atoms with E-state index in [2.05, 4.69) is 6.92 Å². The molecule has 0 unspecified atom stereocenters. The molecule has 0 atom stereocenters. The quantitative estimate of drug-likeness (QED) is 0.327. The third-order valence-corrected chi connectivity index (χ3v) is 6.07. The van der Waals surface area contributed by atoms with Gasteiger partial charge in [0.15, 0.2) is 5.65 Å². The number of halogens is 3. The standard InChI is InChI=1S/C27H29F3N4O/c1-4-5-9-22-25(19-12-10-18(2)11-13-19)26-31-24(33(3)14-15-35)17-23(34(26)32-22)20-7-6-8-21(16-20)27(28,29)30/h6-8,10-13,16-17,35H,4-5,9,14-15H2,1-3H3. The first-order valence-electron chi connectivity index (χ1n) is 11.7. The van der Waals surface area contributed by atoms with Crippen LogP contribution in [0.4, 0.5) is 19.0 Å². The molecule has 0 saturated heterocycles. The molecule has 35 heavy (non-hydrogen) atoms. The largest absolute Gasteiger partial charge is 0.416 e. The van der Waals surface area contributed by atoms with Crippen LogP contribution in [0.1, 0.15) is 36.6 Å². The number of unbranched alkanes of at least 4 members (excludes halogenated alkanes) is 1. The summed E-state index contributed by atoms with van der Waals surface area (Å²) in [5, 5.41) is 14.3. The monoisotopic (exact) mass is 482 g/mol. The third-order valence-electron chi connectivity index (χ3n) is 6.07. The number of aliphatic hydroxyl groups excluding tert-OH is 1. The van der Waals surface area contributed by atoms with Gasteiger partial charge in [0.25, 0.3) is 0 Å². The number of fused-ring (bicyclic) bond motifs is 1. The fraction of sp³-hybridized carbons (Fsp3) is 0.333. The minimum atomic E-state index is -4.46. The van der Waals surface area contributed by atoms with Crippen molar-refractivity contribution in [2.24, 2.45) is 0 Å². The molecule has 2 aromatic heterocycles. The molecule has 0 aliphatic carbocycles. The number of nitrogens with zero attached hydrogens (tertiary/aromatic N) is 4. The molecule has 0 amide bonds. The topological polar surface area (TPSA) is 53.7 Å². The van der Waals surface area contributed by atoms with E-state index in [0.717, 1.165) is 53.8 Å². The number of benzene rings is 2. The average Bonchev–Trinajstić information content (AvgIpc) is 3.20. The summed E-state index contributed by atoms with van der Waals surface area (Å²) in [6, 6.07) is 15.1. The zero-order chi connectivity index (χ0) is 25.2. The lowest BCUT2D eigenvalue weighted by molar-refractivity contribution is -0.137. The first-order valence-corrected chi connectivity index (χ1v) is 11.7. The number of likely N-dealkylation sites (N-methyl/N-ethyl adjacent to an activating group) is 1. The van der Waals surface area contributed by atoms with Crippen LogP contribution in [0, 0.1) is 6.92 Å². The molecule has 1 N–H and O–H groups in total. The summed E-state index contributed by atoms with van der Waals surface area (Å²) in [5.41, 5.74) is 4.59.